The van der Waals surface area contributed by atoms with Crippen LogP contribution in [0, 0.1) is 11.7 Å². The van der Waals surface area contributed by atoms with E-state index < -0.39 is 5.60 Å². The summed E-state index contributed by atoms with van der Waals surface area (Å²) >= 11 is 0. The first-order valence-corrected chi connectivity index (χ1v) is 10.2. The number of hydrogen-bond acceptors (Lipinski definition) is 1. The van der Waals surface area contributed by atoms with Crippen LogP contribution >= 0.6 is 0 Å². The van der Waals surface area contributed by atoms with Crippen molar-refractivity contribution < 1.29 is 14.4 Å². The lowest BCUT2D eigenvalue weighted by molar-refractivity contribution is -0.939. The maximum atomic E-state index is 13.5. The van der Waals surface area contributed by atoms with Crippen LogP contribution in [0.2, 0.25) is 0 Å². The van der Waals surface area contributed by atoms with Crippen molar-refractivity contribution in [3.05, 3.63) is 77.6 Å². The van der Waals surface area contributed by atoms with Crippen LogP contribution in [0.1, 0.15) is 49.3 Å². The lowest BCUT2D eigenvalue weighted by Crippen LogP contribution is -3.14. The summed E-state index contributed by atoms with van der Waals surface area (Å²) in [5, 5.41) is 11.3. The van der Waals surface area contributed by atoms with Crippen molar-refractivity contribution in [1.29, 1.82) is 0 Å². The van der Waals surface area contributed by atoms with Crippen molar-refractivity contribution in [3.63, 3.8) is 0 Å². The van der Waals surface area contributed by atoms with E-state index >= 15 is 0 Å². The molecule has 142 valence electrons. The molecular weight excluding hydrogens is 337 g/mol. The number of halogens is 1. The van der Waals surface area contributed by atoms with E-state index in [0.29, 0.717) is 0 Å². The Bertz CT molecular complexity index is 773. The molecule has 0 amide bonds. The zero-order valence-corrected chi connectivity index (χ0v) is 15.8. The zero-order chi connectivity index (χ0) is 18.7. The molecule has 27 heavy (non-hydrogen) atoms. The first-order chi connectivity index (χ1) is 13.2. The fourth-order valence-electron chi connectivity index (χ4n) is 5.13. The summed E-state index contributed by atoms with van der Waals surface area (Å²) in [7, 11) is 0. The van der Waals surface area contributed by atoms with Crippen LogP contribution in [0.5, 0.6) is 0 Å². The molecule has 1 aliphatic carbocycles. The molecule has 3 heteroatoms. The fraction of sp³-hybridized carbons (Fsp3) is 0.417. The van der Waals surface area contributed by atoms with Crippen LogP contribution in [-0.4, -0.2) is 23.8 Å². The summed E-state index contributed by atoms with van der Waals surface area (Å²) in [5.74, 6) is 0.0598. The molecule has 1 saturated heterocycles. The summed E-state index contributed by atoms with van der Waals surface area (Å²) in [4.78, 5) is 1.48. The average Bonchev–Trinajstić information content (AvgIpc) is 2.69. The van der Waals surface area contributed by atoms with Crippen LogP contribution in [0.4, 0.5) is 4.39 Å². The SMILES string of the molecule is O[C@@]12CCCC[C@@H]1[C@H](c1ccc(F)cc1)[NH+](C/C=C/c1ccccc1)CC2. The van der Waals surface area contributed by atoms with E-state index in [0.717, 1.165) is 44.3 Å². The highest BCUT2D eigenvalue weighted by molar-refractivity contribution is 5.48. The van der Waals surface area contributed by atoms with Gasteiger partial charge >= 0.3 is 0 Å². The molecule has 2 aromatic rings. The summed E-state index contributed by atoms with van der Waals surface area (Å²) < 4.78 is 13.5. The second-order valence-electron chi connectivity index (χ2n) is 8.16. The summed E-state index contributed by atoms with van der Waals surface area (Å²) in [6, 6.07) is 17.5. The Morgan fingerprint density at radius 1 is 1.04 bits per heavy atom. The van der Waals surface area contributed by atoms with Gasteiger partial charge in [0.2, 0.25) is 0 Å². The number of nitrogens with one attached hydrogen (secondary N) is 1. The number of benzene rings is 2. The number of likely N-dealkylation sites (tertiary alicyclic amines) is 1. The van der Waals surface area contributed by atoms with E-state index in [1.54, 1.807) is 12.1 Å². The number of piperidine rings is 1. The first kappa shape index (κ1) is 18.4. The standard InChI is InChI=1S/C24H28FNO/c25-21-13-11-20(12-14-21)23-22-10-4-5-15-24(22,27)16-18-26(23)17-6-9-19-7-2-1-3-8-19/h1-3,6-9,11-14,22-23,27H,4-5,10,15-18H2/p+1/b9-6+/t22-,23+,24-/m1/s1. The van der Waals surface area contributed by atoms with E-state index in [1.165, 1.54) is 16.9 Å². The Morgan fingerprint density at radius 2 is 1.81 bits per heavy atom. The van der Waals surface area contributed by atoms with E-state index in [9.17, 15) is 9.50 Å². The highest BCUT2D eigenvalue weighted by Crippen LogP contribution is 2.43. The Morgan fingerprint density at radius 3 is 2.59 bits per heavy atom. The number of rotatable bonds is 4. The molecule has 2 fully saturated rings. The minimum absolute atomic E-state index is 0.195. The largest absolute Gasteiger partial charge is 0.389 e. The molecule has 0 aromatic heterocycles. The van der Waals surface area contributed by atoms with Crippen LogP contribution in [0.3, 0.4) is 0 Å². The lowest BCUT2D eigenvalue weighted by atomic mass is 9.66. The third-order valence-corrected chi connectivity index (χ3v) is 6.51. The van der Waals surface area contributed by atoms with Gasteiger partial charge in [-0.15, -0.1) is 0 Å². The molecule has 2 aromatic carbocycles. The molecule has 1 unspecified atom stereocenters. The summed E-state index contributed by atoms with van der Waals surface area (Å²) in [5.41, 5.74) is 1.81. The van der Waals surface area contributed by atoms with Gasteiger partial charge in [-0.3, -0.25) is 0 Å². The normalized spacial score (nSPS) is 31.0. The summed E-state index contributed by atoms with van der Waals surface area (Å²) in [6.07, 6.45) is 9.55. The van der Waals surface area contributed by atoms with Crippen molar-refractivity contribution in [1.82, 2.24) is 0 Å². The third-order valence-electron chi connectivity index (χ3n) is 6.51. The lowest BCUT2D eigenvalue weighted by Gasteiger charge is -2.50. The molecule has 4 atom stereocenters. The van der Waals surface area contributed by atoms with Crippen LogP contribution in [0.25, 0.3) is 6.08 Å². The second-order valence-corrected chi connectivity index (χ2v) is 8.16. The number of fused-ring (bicyclic) bond motifs is 1. The minimum Gasteiger partial charge on any atom is -0.389 e. The van der Waals surface area contributed by atoms with Crippen molar-refractivity contribution in [2.24, 2.45) is 5.92 Å². The van der Waals surface area contributed by atoms with Gasteiger partial charge in [0.25, 0.3) is 0 Å². The van der Waals surface area contributed by atoms with E-state index in [2.05, 4.69) is 36.4 Å². The Kier molecular flexibility index (Phi) is 5.42. The van der Waals surface area contributed by atoms with E-state index in [-0.39, 0.29) is 17.8 Å². The van der Waals surface area contributed by atoms with Crippen molar-refractivity contribution in [2.75, 3.05) is 13.1 Å². The van der Waals surface area contributed by atoms with Gasteiger partial charge in [-0.1, -0.05) is 61.4 Å². The summed E-state index contributed by atoms with van der Waals surface area (Å²) in [6.45, 7) is 1.87. The van der Waals surface area contributed by atoms with E-state index in [4.69, 9.17) is 0 Å². The van der Waals surface area contributed by atoms with E-state index in [1.807, 2.05) is 18.2 Å². The van der Waals surface area contributed by atoms with Gasteiger partial charge in [-0.05, 0) is 36.6 Å². The molecule has 2 nitrogen and oxygen atoms in total. The monoisotopic (exact) mass is 366 g/mol. The predicted octanol–water partition coefficient (Wildman–Crippen LogP) is 3.79. The third kappa shape index (κ3) is 3.99. The van der Waals surface area contributed by atoms with Crippen LogP contribution < -0.4 is 4.90 Å². The van der Waals surface area contributed by atoms with Gasteiger partial charge < -0.3 is 10.0 Å². The minimum atomic E-state index is -0.552. The molecule has 0 spiro atoms. The molecule has 2 aliphatic rings. The number of quaternary nitrogens is 1. The van der Waals surface area contributed by atoms with Crippen LogP contribution in [-0.2, 0) is 0 Å². The molecule has 1 aliphatic heterocycles. The molecule has 0 radical (unpaired) electrons. The molecule has 1 heterocycles. The maximum absolute atomic E-state index is 13.5. The Labute approximate surface area is 161 Å². The topological polar surface area (TPSA) is 24.7 Å². The van der Waals surface area contributed by atoms with Gasteiger partial charge in [-0.25, -0.2) is 4.39 Å². The molecule has 1 saturated carbocycles. The first-order valence-electron chi connectivity index (χ1n) is 10.2. The second kappa shape index (κ2) is 7.95. The van der Waals surface area contributed by atoms with Gasteiger partial charge in [0.05, 0.1) is 18.7 Å². The zero-order valence-electron chi connectivity index (χ0n) is 15.8. The van der Waals surface area contributed by atoms with Crippen molar-refractivity contribution >= 4 is 6.08 Å². The Hall–Kier alpha value is -1.97. The molecule has 4 rings (SSSR count). The predicted molar refractivity (Wildman–Crippen MR) is 107 cm³/mol. The number of aliphatic hydroxyl groups is 1. The van der Waals surface area contributed by atoms with Crippen molar-refractivity contribution in [2.45, 2.75) is 43.7 Å². The fourth-order valence-corrected chi connectivity index (χ4v) is 5.13. The highest BCUT2D eigenvalue weighted by atomic mass is 19.1. The highest BCUT2D eigenvalue weighted by Gasteiger charge is 2.51. The van der Waals surface area contributed by atoms with Gasteiger partial charge in [0, 0.05) is 17.9 Å². The Balaban J connectivity index is 1.58. The van der Waals surface area contributed by atoms with Crippen molar-refractivity contribution in [3.8, 4) is 0 Å². The van der Waals surface area contributed by atoms with Gasteiger partial charge in [-0.2, -0.15) is 0 Å². The van der Waals surface area contributed by atoms with Gasteiger partial charge in [0.1, 0.15) is 11.9 Å². The molecular formula is C24H29FNO+. The van der Waals surface area contributed by atoms with Crippen LogP contribution in [0.15, 0.2) is 60.7 Å². The quantitative estimate of drug-likeness (QED) is 0.845. The number of hydrogen-bond donors (Lipinski definition) is 2. The molecule has 2 N–H and O–H groups in total. The molecule has 0 bridgehead atoms. The smallest absolute Gasteiger partial charge is 0.123 e. The maximum Gasteiger partial charge on any atom is 0.123 e. The average molecular weight is 367 g/mol. The van der Waals surface area contributed by atoms with Gasteiger partial charge in [0.15, 0.2) is 0 Å².